The molecule has 4 heteroatoms. The fourth-order valence-electron chi connectivity index (χ4n) is 12.6. The van der Waals surface area contributed by atoms with Gasteiger partial charge < -0.3 is 19.6 Å². The number of anilines is 12. The Labute approximate surface area is 502 Å². The fraction of sp³-hybridized carbons (Fsp3) is 0. The molecule has 0 unspecified atom stereocenters. The van der Waals surface area contributed by atoms with Crippen LogP contribution in [0.4, 0.5) is 68.2 Å². The number of hydrogen-bond donors (Lipinski definition) is 0. The van der Waals surface area contributed by atoms with Crippen LogP contribution in [0, 0.1) is 0 Å². The van der Waals surface area contributed by atoms with Crippen molar-refractivity contribution in [3.8, 4) is 22.3 Å². The maximum atomic E-state index is 2.40. The van der Waals surface area contributed by atoms with E-state index in [0.717, 1.165) is 79.4 Å². The molecule has 0 aromatic heterocycles. The second-order valence-corrected chi connectivity index (χ2v) is 21.7. The van der Waals surface area contributed by atoms with E-state index < -0.39 is 0 Å². The van der Waals surface area contributed by atoms with E-state index in [1.54, 1.807) is 0 Å². The normalized spacial score (nSPS) is 11.3. The van der Waals surface area contributed by atoms with Gasteiger partial charge in [0.25, 0.3) is 0 Å². The molecular weight excluding hydrogens is 1040 g/mol. The summed E-state index contributed by atoms with van der Waals surface area (Å²) in [5.41, 5.74) is 17.6. The molecule has 0 N–H and O–H groups in total. The Morgan fingerprint density at radius 3 is 0.674 bits per heavy atom. The van der Waals surface area contributed by atoms with Crippen LogP contribution < -0.4 is 19.6 Å². The first-order chi connectivity index (χ1) is 42.7. The first kappa shape index (κ1) is 51.4. The molecule has 86 heavy (non-hydrogen) atoms. The van der Waals surface area contributed by atoms with Gasteiger partial charge in [0, 0.05) is 68.2 Å². The Morgan fingerprint density at radius 2 is 0.360 bits per heavy atom. The highest BCUT2D eigenvalue weighted by molar-refractivity contribution is 6.21. The number of fused-ring (bicyclic) bond motifs is 4. The fourth-order valence-corrected chi connectivity index (χ4v) is 12.6. The number of rotatable bonds is 14. The van der Waals surface area contributed by atoms with Crippen LogP contribution in [0.25, 0.3) is 65.3 Å². The Kier molecular flexibility index (Phi) is 13.6. The zero-order valence-corrected chi connectivity index (χ0v) is 47.3. The van der Waals surface area contributed by atoms with E-state index in [1.807, 2.05) is 0 Å². The molecule has 0 spiro atoms. The molecule has 0 saturated heterocycles. The summed E-state index contributed by atoms with van der Waals surface area (Å²) in [4.78, 5) is 9.42. The molecule has 0 aliphatic rings. The average Bonchev–Trinajstić information content (AvgIpc) is 1.40. The summed E-state index contributed by atoms with van der Waals surface area (Å²) in [5.74, 6) is 0. The number of para-hydroxylation sites is 4. The van der Waals surface area contributed by atoms with Crippen LogP contribution in [-0.2, 0) is 0 Å². The van der Waals surface area contributed by atoms with Crippen LogP contribution >= 0.6 is 0 Å². The first-order valence-electron chi connectivity index (χ1n) is 29.4. The summed E-state index contributed by atoms with van der Waals surface area (Å²) in [7, 11) is 0. The Bertz CT molecular complexity index is 4430. The lowest BCUT2D eigenvalue weighted by molar-refractivity contribution is 1.26. The summed E-state index contributed by atoms with van der Waals surface area (Å²) >= 11 is 0. The molecule has 0 radical (unpaired) electrons. The molecule has 0 amide bonds. The van der Waals surface area contributed by atoms with Crippen LogP contribution in [0.3, 0.4) is 0 Å². The molecular formula is C82H58N4. The van der Waals surface area contributed by atoms with Gasteiger partial charge in [-0.15, -0.1) is 0 Å². The molecule has 0 fully saturated rings. The minimum absolute atomic E-state index is 1.06. The third-order valence-electron chi connectivity index (χ3n) is 16.5. The lowest BCUT2D eigenvalue weighted by Gasteiger charge is -2.29. The molecule has 0 aliphatic heterocycles. The first-order valence-corrected chi connectivity index (χ1v) is 29.4. The van der Waals surface area contributed by atoms with Crippen molar-refractivity contribution in [2.45, 2.75) is 0 Å². The predicted molar refractivity (Wildman–Crippen MR) is 366 cm³/mol. The molecule has 406 valence electrons. The highest BCUT2D eigenvalue weighted by Crippen LogP contribution is 2.48. The van der Waals surface area contributed by atoms with Crippen molar-refractivity contribution >= 4 is 111 Å². The lowest BCUT2D eigenvalue weighted by Crippen LogP contribution is -2.12. The quantitative estimate of drug-likeness (QED) is 0.101. The summed E-state index contributed by atoms with van der Waals surface area (Å²) in [6, 6.07) is 127. The van der Waals surface area contributed by atoms with Gasteiger partial charge in [-0.2, -0.15) is 0 Å². The van der Waals surface area contributed by atoms with Crippen molar-refractivity contribution in [2.24, 2.45) is 0 Å². The molecule has 0 atom stereocenters. The summed E-state index contributed by atoms with van der Waals surface area (Å²) < 4.78 is 0. The van der Waals surface area contributed by atoms with Crippen molar-refractivity contribution in [1.29, 1.82) is 0 Å². The number of hydrogen-bond acceptors (Lipinski definition) is 4. The van der Waals surface area contributed by atoms with Crippen LogP contribution in [-0.4, -0.2) is 0 Å². The van der Waals surface area contributed by atoms with E-state index in [1.165, 1.54) is 54.2 Å². The smallest absolute Gasteiger partial charge is 0.0468 e. The van der Waals surface area contributed by atoms with Gasteiger partial charge in [-0.05, 0) is 211 Å². The van der Waals surface area contributed by atoms with E-state index in [4.69, 9.17) is 0 Å². The molecule has 0 saturated carbocycles. The maximum absolute atomic E-state index is 2.40. The standard InChI is InChI=1S/C82H58N4/c1-5-29-65(30-6-1)83(66-31-7-2-8-32-66)69-47-51-71(52-48-69)85(75-45-43-59-23-13-15-25-61(59)55-75)73-37-21-27-63(57-73)81-77-39-17-19-41-79(77)82(80-42-20-18-40-78(80)81)64-28-22-38-74(58-64)86(76-46-44-60-24-14-16-26-62(60)56-76)72-53-49-70(50-54-72)84(67-33-9-3-10-34-67)68-35-11-4-12-36-68/h1-58H. The van der Waals surface area contributed by atoms with Crippen molar-refractivity contribution in [3.63, 3.8) is 0 Å². The molecule has 0 heterocycles. The van der Waals surface area contributed by atoms with Gasteiger partial charge >= 0.3 is 0 Å². The highest BCUT2D eigenvalue weighted by atomic mass is 15.2. The molecule has 0 bridgehead atoms. The maximum Gasteiger partial charge on any atom is 0.0468 e. The second-order valence-electron chi connectivity index (χ2n) is 21.7. The van der Waals surface area contributed by atoms with Crippen molar-refractivity contribution < 1.29 is 0 Å². The molecule has 0 aliphatic carbocycles. The van der Waals surface area contributed by atoms with E-state index in [0.29, 0.717) is 0 Å². The largest absolute Gasteiger partial charge is 0.311 e. The Hall–Kier alpha value is -11.5. The zero-order chi connectivity index (χ0) is 57.2. The van der Waals surface area contributed by atoms with Gasteiger partial charge in [-0.3, -0.25) is 0 Å². The average molecular weight is 1100 g/mol. The Balaban J connectivity index is 0.853. The highest BCUT2D eigenvalue weighted by Gasteiger charge is 2.23. The monoisotopic (exact) mass is 1100 g/mol. The predicted octanol–water partition coefficient (Wildman–Crippen LogP) is 23.5. The minimum Gasteiger partial charge on any atom is -0.311 e. The summed E-state index contributed by atoms with van der Waals surface area (Å²) in [5, 5.41) is 9.54. The zero-order valence-electron chi connectivity index (χ0n) is 47.3. The molecule has 4 nitrogen and oxygen atoms in total. The van der Waals surface area contributed by atoms with Gasteiger partial charge in [0.2, 0.25) is 0 Å². The lowest BCUT2D eigenvalue weighted by atomic mass is 9.85. The van der Waals surface area contributed by atoms with Crippen molar-refractivity contribution in [1.82, 2.24) is 0 Å². The second kappa shape index (κ2) is 22.7. The van der Waals surface area contributed by atoms with E-state index in [9.17, 15) is 0 Å². The van der Waals surface area contributed by atoms with Gasteiger partial charge in [0.1, 0.15) is 0 Å². The van der Waals surface area contributed by atoms with Crippen molar-refractivity contribution in [3.05, 3.63) is 352 Å². The minimum atomic E-state index is 1.06. The van der Waals surface area contributed by atoms with Gasteiger partial charge in [0.05, 0.1) is 0 Å². The van der Waals surface area contributed by atoms with Crippen LogP contribution in [0.2, 0.25) is 0 Å². The van der Waals surface area contributed by atoms with Gasteiger partial charge in [-0.25, -0.2) is 0 Å². The van der Waals surface area contributed by atoms with Crippen LogP contribution in [0.1, 0.15) is 0 Å². The van der Waals surface area contributed by atoms with E-state index in [2.05, 4.69) is 371 Å². The summed E-state index contributed by atoms with van der Waals surface area (Å²) in [6.07, 6.45) is 0. The summed E-state index contributed by atoms with van der Waals surface area (Å²) in [6.45, 7) is 0. The molecule has 15 aromatic carbocycles. The van der Waals surface area contributed by atoms with E-state index in [-0.39, 0.29) is 0 Å². The SMILES string of the molecule is c1ccc(N(c2ccccc2)c2ccc(N(c3cccc(-c4c5ccccc5c(-c5cccc(N(c6ccc(N(c7ccccc7)c7ccccc7)cc6)c6ccc7ccccc7c6)c5)c5ccccc45)c3)c3ccc4ccccc4c3)cc2)cc1. The Morgan fingerprint density at radius 1 is 0.140 bits per heavy atom. The molecule has 15 rings (SSSR count). The van der Waals surface area contributed by atoms with Gasteiger partial charge in [0.15, 0.2) is 0 Å². The number of benzene rings is 15. The van der Waals surface area contributed by atoms with Crippen molar-refractivity contribution in [2.75, 3.05) is 19.6 Å². The topological polar surface area (TPSA) is 13.0 Å². The molecule has 15 aromatic rings. The van der Waals surface area contributed by atoms with Crippen LogP contribution in [0.15, 0.2) is 352 Å². The number of nitrogens with zero attached hydrogens (tertiary/aromatic N) is 4. The van der Waals surface area contributed by atoms with Gasteiger partial charge in [-0.1, -0.05) is 206 Å². The third-order valence-corrected chi connectivity index (χ3v) is 16.5. The van der Waals surface area contributed by atoms with E-state index >= 15 is 0 Å². The van der Waals surface area contributed by atoms with Crippen LogP contribution in [0.5, 0.6) is 0 Å². The third kappa shape index (κ3) is 9.81.